The Bertz CT molecular complexity index is 982. The monoisotopic (exact) mass is 437 g/mol. The van der Waals surface area contributed by atoms with Crippen LogP contribution in [0.4, 0.5) is 11.6 Å². The number of nitrogens with one attached hydrogen (secondary N) is 1. The van der Waals surface area contributed by atoms with E-state index in [4.69, 9.17) is 11.6 Å². The molecule has 1 saturated carbocycles. The van der Waals surface area contributed by atoms with E-state index in [2.05, 4.69) is 61.6 Å². The lowest BCUT2D eigenvalue weighted by molar-refractivity contribution is 0.248. The van der Waals surface area contributed by atoms with Gasteiger partial charge in [0, 0.05) is 31.0 Å². The third kappa shape index (κ3) is 4.37. The van der Waals surface area contributed by atoms with E-state index in [9.17, 15) is 0 Å². The van der Waals surface area contributed by atoms with Crippen molar-refractivity contribution in [1.82, 2.24) is 24.7 Å². The molecule has 8 heteroatoms. The summed E-state index contributed by atoms with van der Waals surface area (Å²) in [5, 5.41) is 11.9. The molecule has 31 heavy (non-hydrogen) atoms. The summed E-state index contributed by atoms with van der Waals surface area (Å²) in [6, 6.07) is 8.42. The van der Waals surface area contributed by atoms with E-state index in [0.29, 0.717) is 10.4 Å². The van der Waals surface area contributed by atoms with Crippen LogP contribution in [0.3, 0.4) is 0 Å². The van der Waals surface area contributed by atoms with Gasteiger partial charge in [-0.2, -0.15) is 0 Å². The maximum Gasteiger partial charge on any atom is 0.225 e. The fourth-order valence-corrected chi connectivity index (χ4v) is 5.19. The smallest absolute Gasteiger partial charge is 0.225 e. The highest BCUT2D eigenvalue weighted by Crippen LogP contribution is 2.61. The Hall–Kier alpha value is -2.67. The van der Waals surface area contributed by atoms with Gasteiger partial charge in [-0.3, -0.25) is 4.57 Å². The standard InChI is InChI=1S/C23H28ClN7/c1-23(17-7-10-30(11-8-17)22-26-13-19(24)14-27-22)12-18(23)6-9-25-20-2-4-21(5-3-20)31-15-28-29-16-31/h2-5,13-18,25H,6-12H2,1H3/t18-,23-/m1/s1. The molecular formula is C23H28ClN7. The third-order valence-corrected chi connectivity index (χ3v) is 7.38. The Kier molecular flexibility index (Phi) is 5.52. The first-order valence-electron chi connectivity index (χ1n) is 11.0. The van der Waals surface area contributed by atoms with Gasteiger partial charge in [0.15, 0.2) is 0 Å². The van der Waals surface area contributed by atoms with Crippen molar-refractivity contribution < 1.29 is 0 Å². The quantitative estimate of drug-likeness (QED) is 0.588. The van der Waals surface area contributed by atoms with E-state index in [1.807, 2.05) is 4.57 Å². The third-order valence-electron chi connectivity index (χ3n) is 7.18. The van der Waals surface area contributed by atoms with Gasteiger partial charge in [-0.05, 0) is 67.2 Å². The molecule has 1 aliphatic carbocycles. The molecule has 1 saturated heterocycles. The number of hydrogen-bond donors (Lipinski definition) is 1. The Morgan fingerprint density at radius 2 is 1.74 bits per heavy atom. The summed E-state index contributed by atoms with van der Waals surface area (Å²) < 4.78 is 1.91. The van der Waals surface area contributed by atoms with Crippen LogP contribution in [0.25, 0.3) is 5.69 Å². The van der Waals surface area contributed by atoms with Crippen LogP contribution in [0.2, 0.25) is 5.02 Å². The van der Waals surface area contributed by atoms with Gasteiger partial charge < -0.3 is 10.2 Å². The van der Waals surface area contributed by atoms with E-state index in [1.54, 1.807) is 25.0 Å². The predicted octanol–water partition coefficient (Wildman–Crippen LogP) is 4.46. The molecule has 3 heterocycles. The first-order valence-corrected chi connectivity index (χ1v) is 11.4. The van der Waals surface area contributed by atoms with Crippen LogP contribution in [0, 0.1) is 17.3 Å². The Morgan fingerprint density at radius 3 is 2.42 bits per heavy atom. The largest absolute Gasteiger partial charge is 0.385 e. The van der Waals surface area contributed by atoms with Crippen LogP contribution in [-0.2, 0) is 0 Å². The van der Waals surface area contributed by atoms with Gasteiger partial charge in [-0.1, -0.05) is 18.5 Å². The van der Waals surface area contributed by atoms with Crippen LogP contribution in [-0.4, -0.2) is 44.4 Å². The normalized spacial score (nSPS) is 23.7. The molecule has 0 radical (unpaired) electrons. The van der Waals surface area contributed by atoms with Gasteiger partial charge in [-0.25, -0.2) is 9.97 Å². The molecule has 0 spiro atoms. The topological polar surface area (TPSA) is 71.8 Å². The number of nitrogens with zero attached hydrogens (tertiary/aromatic N) is 6. The molecule has 5 rings (SSSR count). The number of rotatable bonds is 7. The predicted molar refractivity (Wildman–Crippen MR) is 123 cm³/mol. The van der Waals surface area contributed by atoms with E-state index < -0.39 is 0 Å². The van der Waals surface area contributed by atoms with Crippen molar-refractivity contribution in [2.75, 3.05) is 29.9 Å². The molecule has 0 amide bonds. The number of hydrogen-bond acceptors (Lipinski definition) is 6. The maximum absolute atomic E-state index is 5.91. The van der Waals surface area contributed by atoms with Gasteiger partial charge in [0.2, 0.25) is 5.95 Å². The molecule has 2 aliphatic rings. The molecule has 0 unspecified atom stereocenters. The number of halogens is 1. The maximum atomic E-state index is 5.91. The highest BCUT2D eigenvalue weighted by atomic mass is 35.5. The zero-order valence-electron chi connectivity index (χ0n) is 17.8. The summed E-state index contributed by atoms with van der Waals surface area (Å²) >= 11 is 5.91. The second-order valence-electron chi connectivity index (χ2n) is 9.00. The van der Waals surface area contributed by atoms with Crippen molar-refractivity contribution in [3.8, 4) is 5.69 Å². The Balaban J connectivity index is 1.07. The van der Waals surface area contributed by atoms with Gasteiger partial charge in [0.25, 0.3) is 0 Å². The lowest BCUT2D eigenvalue weighted by Crippen LogP contribution is -2.37. The number of aromatic nitrogens is 5. The summed E-state index contributed by atoms with van der Waals surface area (Å²) in [5.41, 5.74) is 2.73. The summed E-state index contributed by atoms with van der Waals surface area (Å²) in [6.45, 7) is 5.58. The number of benzene rings is 1. The van der Waals surface area contributed by atoms with E-state index in [-0.39, 0.29) is 0 Å². The summed E-state index contributed by atoms with van der Waals surface area (Å²) in [6.07, 6.45) is 11.8. The molecule has 7 nitrogen and oxygen atoms in total. The first-order chi connectivity index (χ1) is 15.1. The van der Waals surface area contributed by atoms with Crippen molar-refractivity contribution in [3.05, 3.63) is 54.3 Å². The van der Waals surface area contributed by atoms with Gasteiger partial charge in [-0.15, -0.1) is 10.2 Å². The van der Waals surface area contributed by atoms with Gasteiger partial charge in [0.05, 0.1) is 17.4 Å². The lowest BCUT2D eigenvalue weighted by Gasteiger charge is -2.35. The van der Waals surface area contributed by atoms with Crippen LogP contribution < -0.4 is 10.2 Å². The fourth-order valence-electron chi connectivity index (χ4n) is 5.09. The molecule has 2 atom stereocenters. The van der Waals surface area contributed by atoms with Gasteiger partial charge >= 0.3 is 0 Å². The fraction of sp³-hybridized carbons (Fsp3) is 0.478. The van der Waals surface area contributed by atoms with Crippen LogP contribution >= 0.6 is 11.6 Å². The van der Waals surface area contributed by atoms with Crippen molar-refractivity contribution in [3.63, 3.8) is 0 Å². The molecule has 2 fully saturated rings. The minimum absolute atomic E-state index is 0.493. The summed E-state index contributed by atoms with van der Waals surface area (Å²) in [4.78, 5) is 11.0. The number of anilines is 2. The van der Waals surface area contributed by atoms with Crippen molar-refractivity contribution >= 4 is 23.2 Å². The van der Waals surface area contributed by atoms with Gasteiger partial charge in [0.1, 0.15) is 12.7 Å². The number of piperidine rings is 1. The molecule has 3 aromatic rings. The summed E-state index contributed by atoms with van der Waals surface area (Å²) in [5.74, 6) is 2.42. The van der Waals surface area contributed by atoms with Crippen molar-refractivity contribution in [1.29, 1.82) is 0 Å². The molecule has 2 aromatic heterocycles. The summed E-state index contributed by atoms with van der Waals surface area (Å²) in [7, 11) is 0. The highest BCUT2D eigenvalue weighted by Gasteiger charge is 2.54. The second-order valence-corrected chi connectivity index (χ2v) is 9.44. The SMILES string of the molecule is C[C@]1(C2CCN(c3ncc(Cl)cn3)CC2)C[C@H]1CCNc1ccc(-n2cnnc2)cc1. The molecule has 1 aliphatic heterocycles. The van der Waals surface area contributed by atoms with Crippen molar-refractivity contribution in [2.45, 2.75) is 32.6 Å². The second kappa shape index (κ2) is 8.46. The van der Waals surface area contributed by atoms with E-state index in [0.717, 1.165) is 48.8 Å². The highest BCUT2D eigenvalue weighted by molar-refractivity contribution is 6.30. The van der Waals surface area contributed by atoms with Crippen LogP contribution in [0.1, 0.15) is 32.6 Å². The van der Waals surface area contributed by atoms with Crippen molar-refractivity contribution in [2.24, 2.45) is 17.3 Å². The molecule has 0 bridgehead atoms. The average molecular weight is 438 g/mol. The Labute approximate surface area is 187 Å². The zero-order chi connectivity index (χ0) is 21.3. The van der Waals surface area contributed by atoms with Crippen LogP contribution in [0.5, 0.6) is 0 Å². The van der Waals surface area contributed by atoms with Crippen LogP contribution in [0.15, 0.2) is 49.3 Å². The van der Waals surface area contributed by atoms with E-state index >= 15 is 0 Å². The molecular weight excluding hydrogens is 410 g/mol. The first kappa shape index (κ1) is 20.2. The Morgan fingerprint density at radius 1 is 1.06 bits per heavy atom. The lowest BCUT2D eigenvalue weighted by atomic mass is 9.81. The molecule has 162 valence electrons. The minimum Gasteiger partial charge on any atom is -0.385 e. The average Bonchev–Trinajstić information content (AvgIpc) is 3.20. The van der Waals surface area contributed by atoms with E-state index in [1.165, 1.54) is 25.7 Å². The minimum atomic E-state index is 0.493. The molecule has 1 aromatic carbocycles. The molecule has 1 N–H and O–H groups in total. The zero-order valence-corrected chi connectivity index (χ0v) is 18.5.